The summed E-state index contributed by atoms with van der Waals surface area (Å²) in [4.78, 5) is 18.0. The van der Waals surface area contributed by atoms with Crippen LogP contribution in [0.1, 0.15) is 26.2 Å². The maximum absolute atomic E-state index is 12.0. The van der Waals surface area contributed by atoms with Crippen LogP contribution < -0.4 is 5.32 Å². The number of likely N-dealkylation sites (tertiary alicyclic amines) is 1. The number of nitrogens with one attached hydrogen (secondary N) is 1. The van der Waals surface area contributed by atoms with Gasteiger partial charge in [-0.15, -0.1) is 0 Å². The molecule has 1 N–H and O–H groups in total. The fourth-order valence-electron chi connectivity index (χ4n) is 2.41. The van der Waals surface area contributed by atoms with Gasteiger partial charge in [-0.1, -0.05) is 6.92 Å². The normalized spacial score (nSPS) is 19.7. The van der Waals surface area contributed by atoms with Crippen LogP contribution in [0.5, 0.6) is 0 Å². The summed E-state index contributed by atoms with van der Waals surface area (Å²) >= 11 is 0. The average molecular weight is 250 g/mol. The summed E-state index contributed by atoms with van der Waals surface area (Å²) in [6.45, 7) is 5.68. The van der Waals surface area contributed by atoms with E-state index in [0.29, 0.717) is 0 Å². The maximum Gasteiger partial charge on any atom is 0.239 e. The van der Waals surface area contributed by atoms with Crippen LogP contribution in [0, 0.1) is 0 Å². The minimum Gasteiger partial charge on any atom is -0.341 e. The molecule has 5 nitrogen and oxygen atoms in total. The molecule has 1 fully saturated rings. The second-order valence-electron chi connectivity index (χ2n) is 4.73. The van der Waals surface area contributed by atoms with E-state index in [9.17, 15) is 4.79 Å². The quantitative estimate of drug-likeness (QED) is 0.731. The van der Waals surface area contributed by atoms with E-state index in [0.717, 1.165) is 45.4 Å². The third kappa shape index (κ3) is 3.32. The van der Waals surface area contributed by atoms with E-state index in [4.69, 9.17) is 0 Å². The van der Waals surface area contributed by atoms with E-state index in [2.05, 4.69) is 14.9 Å². The van der Waals surface area contributed by atoms with Crippen LogP contribution in [-0.2, 0) is 11.3 Å². The summed E-state index contributed by atoms with van der Waals surface area (Å²) in [5.74, 6) is 0.277. The van der Waals surface area contributed by atoms with Gasteiger partial charge in [-0.25, -0.2) is 4.98 Å². The monoisotopic (exact) mass is 250 g/mol. The van der Waals surface area contributed by atoms with Crippen molar-refractivity contribution in [2.24, 2.45) is 0 Å². The van der Waals surface area contributed by atoms with E-state index in [-0.39, 0.29) is 11.9 Å². The molecule has 2 rings (SSSR count). The number of aromatic nitrogens is 2. The molecule has 5 heteroatoms. The molecular weight excluding hydrogens is 228 g/mol. The molecule has 18 heavy (non-hydrogen) atoms. The summed E-state index contributed by atoms with van der Waals surface area (Å²) in [6, 6.07) is 0.0589. The van der Waals surface area contributed by atoms with Gasteiger partial charge in [0.2, 0.25) is 5.91 Å². The molecule has 0 saturated carbocycles. The number of hydrogen-bond donors (Lipinski definition) is 1. The van der Waals surface area contributed by atoms with Crippen LogP contribution in [0.2, 0.25) is 0 Å². The highest BCUT2D eigenvalue weighted by Gasteiger charge is 2.29. The van der Waals surface area contributed by atoms with E-state index in [1.54, 1.807) is 6.20 Å². The average Bonchev–Trinajstić information content (AvgIpc) is 2.98. The number of rotatable bonds is 7. The molecule has 1 aromatic heterocycles. The molecule has 1 unspecified atom stereocenters. The third-order valence-electron chi connectivity index (χ3n) is 3.40. The Morgan fingerprint density at radius 3 is 3.00 bits per heavy atom. The Balaban J connectivity index is 1.64. The van der Waals surface area contributed by atoms with Crippen molar-refractivity contribution in [2.75, 3.05) is 19.6 Å². The fourth-order valence-corrected chi connectivity index (χ4v) is 2.41. The molecule has 0 radical (unpaired) electrons. The Hall–Kier alpha value is -1.36. The van der Waals surface area contributed by atoms with Gasteiger partial charge < -0.3 is 14.8 Å². The first kappa shape index (κ1) is 13.1. The standard InChI is InChI=1S/C13H22N4O/c1-2-15-12-5-9-17(13(12)18)8-4-3-7-16-10-6-14-11-16/h6,10-12,15H,2-5,7-9H2,1H3. The number of unbranched alkanes of at least 4 members (excludes halogenated alkanes) is 1. The van der Waals surface area contributed by atoms with Gasteiger partial charge in [0, 0.05) is 32.0 Å². The lowest BCUT2D eigenvalue weighted by molar-refractivity contribution is -0.129. The van der Waals surface area contributed by atoms with Crippen molar-refractivity contribution < 1.29 is 4.79 Å². The molecule has 2 heterocycles. The molecule has 100 valence electrons. The molecule has 0 aromatic carbocycles. The van der Waals surface area contributed by atoms with Gasteiger partial charge in [0.15, 0.2) is 0 Å². The zero-order chi connectivity index (χ0) is 12.8. The number of imidazole rings is 1. The zero-order valence-corrected chi connectivity index (χ0v) is 11.0. The third-order valence-corrected chi connectivity index (χ3v) is 3.40. The Morgan fingerprint density at radius 2 is 2.28 bits per heavy atom. The molecule has 0 spiro atoms. The lowest BCUT2D eigenvalue weighted by Crippen LogP contribution is -2.38. The van der Waals surface area contributed by atoms with Crippen molar-refractivity contribution in [3.8, 4) is 0 Å². The smallest absolute Gasteiger partial charge is 0.239 e. The van der Waals surface area contributed by atoms with Crippen LogP contribution >= 0.6 is 0 Å². The molecule has 1 amide bonds. The van der Waals surface area contributed by atoms with Gasteiger partial charge in [-0.2, -0.15) is 0 Å². The van der Waals surface area contributed by atoms with Gasteiger partial charge in [0.05, 0.1) is 12.4 Å². The van der Waals surface area contributed by atoms with Gasteiger partial charge in [-0.05, 0) is 25.8 Å². The van der Waals surface area contributed by atoms with Crippen LogP contribution in [0.15, 0.2) is 18.7 Å². The van der Waals surface area contributed by atoms with Crippen molar-refractivity contribution >= 4 is 5.91 Å². The van der Waals surface area contributed by atoms with Crippen molar-refractivity contribution in [1.82, 2.24) is 19.8 Å². The number of amides is 1. The minimum absolute atomic E-state index is 0.0589. The highest BCUT2D eigenvalue weighted by molar-refractivity contribution is 5.83. The summed E-state index contributed by atoms with van der Waals surface area (Å²) in [5, 5.41) is 3.23. The number of aryl methyl sites for hydroxylation is 1. The van der Waals surface area contributed by atoms with Crippen molar-refractivity contribution in [1.29, 1.82) is 0 Å². The van der Waals surface area contributed by atoms with Gasteiger partial charge >= 0.3 is 0 Å². The lowest BCUT2D eigenvalue weighted by Gasteiger charge is -2.16. The first-order valence-electron chi connectivity index (χ1n) is 6.79. The minimum atomic E-state index is 0.0589. The molecule has 0 aliphatic carbocycles. The largest absolute Gasteiger partial charge is 0.341 e. The SMILES string of the molecule is CCNC1CCN(CCCCn2ccnc2)C1=O. The van der Waals surface area contributed by atoms with Crippen LogP contribution in [-0.4, -0.2) is 46.0 Å². The number of likely N-dealkylation sites (N-methyl/N-ethyl adjacent to an activating group) is 1. The summed E-state index contributed by atoms with van der Waals surface area (Å²) in [7, 11) is 0. The first-order chi connectivity index (χ1) is 8.81. The number of nitrogens with zero attached hydrogens (tertiary/aromatic N) is 3. The second kappa shape index (κ2) is 6.54. The molecular formula is C13H22N4O. The van der Waals surface area contributed by atoms with Crippen molar-refractivity contribution in [3.05, 3.63) is 18.7 Å². The molecule has 1 saturated heterocycles. The summed E-state index contributed by atoms with van der Waals surface area (Å²) in [6.07, 6.45) is 8.71. The van der Waals surface area contributed by atoms with Crippen molar-refractivity contribution in [3.63, 3.8) is 0 Å². The van der Waals surface area contributed by atoms with E-state index >= 15 is 0 Å². The highest BCUT2D eigenvalue weighted by atomic mass is 16.2. The number of hydrogen-bond acceptors (Lipinski definition) is 3. The number of carbonyl (C=O) groups excluding carboxylic acids is 1. The molecule has 1 aromatic rings. The number of carbonyl (C=O) groups is 1. The van der Waals surface area contributed by atoms with Crippen LogP contribution in [0.25, 0.3) is 0 Å². The van der Waals surface area contributed by atoms with E-state index in [1.807, 2.05) is 24.3 Å². The molecule has 1 aliphatic heterocycles. The summed E-state index contributed by atoms with van der Waals surface area (Å²) < 4.78 is 2.08. The molecule has 1 atom stereocenters. The van der Waals surface area contributed by atoms with Gasteiger partial charge in [0.1, 0.15) is 0 Å². The van der Waals surface area contributed by atoms with Crippen LogP contribution in [0.4, 0.5) is 0 Å². The molecule has 1 aliphatic rings. The Kier molecular flexibility index (Phi) is 4.75. The summed E-state index contributed by atoms with van der Waals surface area (Å²) in [5.41, 5.74) is 0. The Morgan fingerprint density at radius 1 is 1.44 bits per heavy atom. The maximum atomic E-state index is 12.0. The Bertz CT molecular complexity index is 363. The highest BCUT2D eigenvalue weighted by Crippen LogP contribution is 2.12. The predicted molar refractivity (Wildman–Crippen MR) is 70.1 cm³/mol. The Labute approximate surface area is 108 Å². The van der Waals surface area contributed by atoms with E-state index < -0.39 is 0 Å². The van der Waals surface area contributed by atoms with Gasteiger partial charge in [-0.3, -0.25) is 4.79 Å². The fraction of sp³-hybridized carbons (Fsp3) is 0.692. The van der Waals surface area contributed by atoms with Crippen molar-refractivity contribution in [2.45, 2.75) is 38.8 Å². The first-order valence-corrected chi connectivity index (χ1v) is 6.79. The topological polar surface area (TPSA) is 50.2 Å². The lowest BCUT2D eigenvalue weighted by atomic mass is 10.2. The molecule has 0 bridgehead atoms. The zero-order valence-electron chi connectivity index (χ0n) is 11.0. The second-order valence-corrected chi connectivity index (χ2v) is 4.73. The van der Waals surface area contributed by atoms with Gasteiger partial charge in [0.25, 0.3) is 0 Å². The van der Waals surface area contributed by atoms with Crippen LogP contribution in [0.3, 0.4) is 0 Å². The predicted octanol–water partition coefficient (Wildman–Crippen LogP) is 0.874. The van der Waals surface area contributed by atoms with E-state index in [1.165, 1.54) is 0 Å².